The van der Waals surface area contributed by atoms with Gasteiger partial charge < -0.3 is 4.90 Å². The van der Waals surface area contributed by atoms with Crippen LogP contribution in [0.15, 0.2) is 29.2 Å². The molecule has 0 saturated heterocycles. The van der Waals surface area contributed by atoms with Crippen molar-refractivity contribution in [2.45, 2.75) is 23.0 Å². The Morgan fingerprint density at radius 2 is 1.89 bits per heavy atom. The van der Waals surface area contributed by atoms with E-state index in [1.807, 2.05) is 0 Å². The van der Waals surface area contributed by atoms with Crippen molar-refractivity contribution < 1.29 is 17.2 Å². The Balaban J connectivity index is 3.23. The second kappa shape index (κ2) is 5.84. The van der Waals surface area contributed by atoms with Crippen LogP contribution in [-0.4, -0.2) is 33.1 Å². The molecule has 0 aliphatic carbocycles. The molecule has 7 heteroatoms. The van der Waals surface area contributed by atoms with Crippen LogP contribution < -0.4 is 4.90 Å². The van der Waals surface area contributed by atoms with Crippen LogP contribution in [0.2, 0.25) is 0 Å². The largest absolute Gasteiger partial charge is 0.372 e. The highest BCUT2D eigenvalue weighted by molar-refractivity contribution is 7.91. The van der Waals surface area contributed by atoms with Gasteiger partial charge in [-0.3, -0.25) is 0 Å². The van der Waals surface area contributed by atoms with Crippen molar-refractivity contribution in [1.82, 2.24) is 0 Å². The molecule has 3 nitrogen and oxygen atoms in total. The van der Waals surface area contributed by atoms with Crippen molar-refractivity contribution in [2.75, 3.05) is 18.5 Å². The van der Waals surface area contributed by atoms with E-state index in [2.05, 4.69) is 0 Å². The lowest BCUT2D eigenvalue weighted by Crippen LogP contribution is -2.26. The highest BCUT2D eigenvalue weighted by atomic mass is 35.5. The van der Waals surface area contributed by atoms with Gasteiger partial charge in [-0.05, 0) is 19.1 Å². The average Bonchev–Trinajstić information content (AvgIpc) is 2.27. The summed E-state index contributed by atoms with van der Waals surface area (Å²) in [7, 11) is -3.00. The third kappa shape index (κ3) is 3.32. The maximum Gasteiger partial charge on any atom is 0.341 e. The highest BCUT2D eigenvalue weighted by Gasteiger charge is 2.29. The van der Waals surface area contributed by atoms with Crippen LogP contribution in [0.4, 0.5) is 14.5 Å². The molecule has 1 aromatic carbocycles. The average molecular weight is 298 g/mol. The molecule has 102 valence electrons. The summed E-state index contributed by atoms with van der Waals surface area (Å²) in [4.78, 5) is 1.17. The molecule has 0 aliphatic heterocycles. The van der Waals surface area contributed by atoms with Gasteiger partial charge in [0.15, 0.2) is 0 Å². The zero-order chi connectivity index (χ0) is 13.9. The fourth-order valence-corrected chi connectivity index (χ4v) is 2.77. The molecule has 1 atom stereocenters. The maximum atomic E-state index is 12.6. The number of alkyl halides is 3. The number of hydrogen-bond acceptors (Lipinski definition) is 3. The summed E-state index contributed by atoms with van der Waals surface area (Å²) < 4.78 is 48.2. The van der Waals surface area contributed by atoms with Crippen LogP contribution in [0.1, 0.15) is 6.92 Å². The molecule has 0 bridgehead atoms. The Morgan fingerprint density at radius 3 is 2.39 bits per heavy atom. The molecule has 0 spiro atoms. The van der Waals surface area contributed by atoms with Gasteiger partial charge in [-0.25, -0.2) is 8.42 Å². The predicted molar refractivity (Wildman–Crippen MR) is 68.2 cm³/mol. The Labute approximate surface area is 110 Å². The summed E-state index contributed by atoms with van der Waals surface area (Å²) in [5.41, 5.74) is 0.227. The second-order valence-corrected chi connectivity index (χ2v) is 6.57. The van der Waals surface area contributed by atoms with Crippen molar-refractivity contribution >= 4 is 27.1 Å². The number of hydrogen-bond donors (Lipinski definition) is 0. The van der Waals surface area contributed by atoms with Gasteiger partial charge in [0.05, 0.1) is 10.6 Å². The fraction of sp³-hybridized carbons (Fsp3) is 0.455. The number of halogens is 3. The van der Waals surface area contributed by atoms with E-state index >= 15 is 0 Å². The van der Waals surface area contributed by atoms with Gasteiger partial charge in [0.2, 0.25) is 9.84 Å². The predicted octanol–water partition coefficient (Wildman–Crippen LogP) is 2.75. The summed E-state index contributed by atoms with van der Waals surface area (Å²) in [6.45, 7) is 2.10. The maximum absolute atomic E-state index is 12.6. The quantitative estimate of drug-likeness (QED) is 0.784. The Kier molecular flexibility index (Phi) is 4.92. The standard InChI is InChI=1S/C11H14ClF2NO2S/c1-8(12)7-15(2)9-5-3-4-6-10(9)18(16,17)11(13)14/h3-6,8,11H,7H2,1-2H3. The smallest absolute Gasteiger partial charge is 0.341 e. The van der Waals surface area contributed by atoms with Crippen LogP contribution >= 0.6 is 11.6 Å². The van der Waals surface area contributed by atoms with Gasteiger partial charge in [0, 0.05) is 19.0 Å². The van der Waals surface area contributed by atoms with E-state index in [-0.39, 0.29) is 16.0 Å². The van der Waals surface area contributed by atoms with Crippen LogP contribution in [-0.2, 0) is 9.84 Å². The normalized spacial score (nSPS) is 13.7. The first-order valence-electron chi connectivity index (χ1n) is 5.23. The Bertz CT molecular complexity index is 506. The minimum Gasteiger partial charge on any atom is -0.372 e. The third-order valence-electron chi connectivity index (χ3n) is 2.34. The first-order valence-corrected chi connectivity index (χ1v) is 7.21. The summed E-state index contributed by atoms with van der Waals surface area (Å²) in [6.07, 6.45) is 0. The topological polar surface area (TPSA) is 37.4 Å². The molecule has 1 aromatic rings. The van der Waals surface area contributed by atoms with Crippen molar-refractivity contribution in [1.29, 1.82) is 0 Å². The van der Waals surface area contributed by atoms with Gasteiger partial charge in [0.1, 0.15) is 0 Å². The van der Waals surface area contributed by atoms with Crippen LogP contribution in [0.25, 0.3) is 0 Å². The van der Waals surface area contributed by atoms with E-state index in [0.29, 0.717) is 6.54 Å². The van der Waals surface area contributed by atoms with E-state index in [4.69, 9.17) is 11.6 Å². The van der Waals surface area contributed by atoms with Crippen LogP contribution in [0, 0.1) is 0 Å². The molecular weight excluding hydrogens is 284 g/mol. The molecule has 0 N–H and O–H groups in total. The molecular formula is C11H14ClF2NO2S. The summed E-state index contributed by atoms with van der Waals surface area (Å²) >= 11 is 5.81. The molecule has 0 aromatic heterocycles. The lowest BCUT2D eigenvalue weighted by Gasteiger charge is -2.23. The molecule has 1 rings (SSSR count). The van der Waals surface area contributed by atoms with Gasteiger partial charge in [-0.2, -0.15) is 8.78 Å². The van der Waals surface area contributed by atoms with Crippen LogP contribution in [0.3, 0.4) is 0 Å². The molecule has 0 aliphatic rings. The molecule has 0 fully saturated rings. The third-order valence-corrected chi connectivity index (χ3v) is 3.91. The van der Waals surface area contributed by atoms with Crippen molar-refractivity contribution in [2.24, 2.45) is 0 Å². The molecule has 0 radical (unpaired) electrons. The molecule has 0 saturated carbocycles. The number of nitrogens with zero attached hydrogens (tertiary/aromatic N) is 1. The molecule has 1 unspecified atom stereocenters. The first kappa shape index (κ1) is 15.2. The summed E-state index contributed by atoms with van der Waals surface area (Å²) in [5.74, 6) is -3.43. The minimum atomic E-state index is -4.61. The van der Waals surface area contributed by atoms with Gasteiger partial charge in [-0.15, -0.1) is 11.6 Å². The zero-order valence-corrected chi connectivity index (χ0v) is 11.5. The van der Waals surface area contributed by atoms with E-state index < -0.39 is 15.6 Å². The summed E-state index contributed by atoms with van der Waals surface area (Å²) in [5, 5.41) is -0.225. The number of rotatable bonds is 5. The van der Waals surface area contributed by atoms with E-state index in [1.165, 1.54) is 18.2 Å². The van der Waals surface area contributed by atoms with Gasteiger partial charge in [0.25, 0.3) is 0 Å². The van der Waals surface area contributed by atoms with Gasteiger partial charge in [-0.1, -0.05) is 12.1 Å². The van der Waals surface area contributed by atoms with Crippen LogP contribution in [0.5, 0.6) is 0 Å². The van der Waals surface area contributed by atoms with Crippen molar-refractivity contribution in [3.8, 4) is 0 Å². The Morgan fingerprint density at radius 1 is 1.33 bits per heavy atom. The molecule has 18 heavy (non-hydrogen) atoms. The van der Waals surface area contributed by atoms with E-state index in [0.717, 1.165) is 0 Å². The minimum absolute atomic E-state index is 0.225. The molecule has 0 heterocycles. The summed E-state index contributed by atoms with van der Waals surface area (Å²) in [6, 6.07) is 5.66. The van der Waals surface area contributed by atoms with E-state index in [9.17, 15) is 17.2 Å². The first-order chi connectivity index (χ1) is 8.26. The lowest BCUT2D eigenvalue weighted by atomic mass is 10.3. The SMILES string of the molecule is CC(Cl)CN(C)c1ccccc1S(=O)(=O)C(F)F. The number of sulfone groups is 1. The van der Waals surface area contributed by atoms with Crippen molar-refractivity contribution in [3.05, 3.63) is 24.3 Å². The number of anilines is 1. The number of para-hydroxylation sites is 1. The zero-order valence-electron chi connectivity index (χ0n) is 9.98. The Hall–Kier alpha value is -0.880. The molecule has 0 amide bonds. The number of benzene rings is 1. The second-order valence-electron chi connectivity index (χ2n) is 3.93. The van der Waals surface area contributed by atoms with Crippen molar-refractivity contribution in [3.63, 3.8) is 0 Å². The monoisotopic (exact) mass is 297 g/mol. The van der Waals surface area contributed by atoms with Gasteiger partial charge >= 0.3 is 5.76 Å². The van der Waals surface area contributed by atoms with E-state index in [1.54, 1.807) is 24.9 Å². The fourth-order valence-electron chi connectivity index (χ4n) is 1.58. The highest BCUT2D eigenvalue weighted by Crippen LogP contribution is 2.28. The lowest BCUT2D eigenvalue weighted by molar-refractivity contribution is 0.235.